The van der Waals surface area contributed by atoms with Gasteiger partial charge in [-0.15, -0.1) is 0 Å². The Bertz CT molecular complexity index is 310. The molecule has 0 aliphatic carbocycles. The second-order valence-electron chi connectivity index (χ2n) is 4.82. The minimum Gasteiger partial charge on any atom is -0.464 e. The van der Waals surface area contributed by atoms with E-state index < -0.39 is 0 Å². The number of amides is 2. The molecule has 0 aromatic heterocycles. The molecule has 0 bridgehead atoms. The Morgan fingerprint density at radius 3 is 2.85 bits per heavy atom. The van der Waals surface area contributed by atoms with Crippen molar-refractivity contribution in [2.24, 2.45) is 0 Å². The molecular formula is C13H24N2O3S2. The Morgan fingerprint density at radius 2 is 2.20 bits per heavy atom. The van der Waals surface area contributed by atoms with Crippen LogP contribution in [-0.2, 0) is 9.53 Å². The van der Waals surface area contributed by atoms with Gasteiger partial charge in [0.05, 0.1) is 6.54 Å². The molecule has 0 aromatic carbocycles. The van der Waals surface area contributed by atoms with Gasteiger partial charge >= 0.3 is 12.0 Å². The number of rotatable bonds is 8. The molecule has 1 N–H and O–H groups in total. The number of nitrogens with one attached hydrogen (secondary N) is 1. The molecule has 20 heavy (non-hydrogen) atoms. The van der Waals surface area contributed by atoms with Crippen LogP contribution in [-0.4, -0.2) is 54.6 Å². The molecule has 1 aliphatic rings. The van der Waals surface area contributed by atoms with Gasteiger partial charge in [-0.1, -0.05) is 28.0 Å². The largest absolute Gasteiger partial charge is 0.464 e. The Morgan fingerprint density at radius 1 is 1.40 bits per heavy atom. The number of carbonyl (C=O) groups is 2. The molecule has 116 valence electrons. The van der Waals surface area contributed by atoms with Gasteiger partial charge in [0.15, 0.2) is 0 Å². The van der Waals surface area contributed by atoms with Gasteiger partial charge in [0.2, 0.25) is 0 Å². The SMILES string of the molecule is CC(=O)OCCN(C)C(=O)NCCCCC1CCSS1. The van der Waals surface area contributed by atoms with Crippen molar-refractivity contribution in [2.45, 2.75) is 37.9 Å². The summed E-state index contributed by atoms with van der Waals surface area (Å²) in [5.74, 6) is 0.959. The molecule has 7 heteroatoms. The van der Waals surface area contributed by atoms with Crippen molar-refractivity contribution >= 4 is 33.6 Å². The molecule has 0 saturated carbocycles. The fraction of sp³-hybridized carbons (Fsp3) is 0.846. The highest BCUT2D eigenvalue weighted by molar-refractivity contribution is 8.77. The summed E-state index contributed by atoms with van der Waals surface area (Å²) in [5, 5.41) is 3.69. The van der Waals surface area contributed by atoms with Crippen LogP contribution >= 0.6 is 21.6 Å². The Hall–Kier alpha value is -0.560. The zero-order valence-corrected chi connectivity index (χ0v) is 13.9. The van der Waals surface area contributed by atoms with Crippen LogP contribution < -0.4 is 5.32 Å². The lowest BCUT2D eigenvalue weighted by Gasteiger charge is -2.17. The van der Waals surface area contributed by atoms with Crippen LogP contribution in [0.3, 0.4) is 0 Å². The molecule has 0 aromatic rings. The van der Waals surface area contributed by atoms with E-state index in [1.54, 1.807) is 7.05 Å². The molecule has 1 atom stereocenters. The number of carbonyl (C=O) groups excluding carboxylic acids is 2. The van der Waals surface area contributed by atoms with Crippen molar-refractivity contribution in [1.82, 2.24) is 10.2 Å². The molecule has 1 aliphatic heterocycles. The Balaban J connectivity index is 1.96. The second-order valence-corrected chi connectivity index (χ2v) is 7.61. The fourth-order valence-corrected chi connectivity index (χ4v) is 4.85. The van der Waals surface area contributed by atoms with Crippen LogP contribution in [0.4, 0.5) is 4.79 Å². The predicted octanol–water partition coefficient (Wildman–Crippen LogP) is 2.51. The van der Waals surface area contributed by atoms with E-state index >= 15 is 0 Å². The maximum atomic E-state index is 11.7. The molecule has 1 unspecified atom stereocenters. The summed E-state index contributed by atoms with van der Waals surface area (Å²) < 4.78 is 4.80. The minimum atomic E-state index is -0.318. The van der Waals surface area contributed by atoms with Gasteiger partial charge < -0.3 is 15.0 Å². The lowest BCUT2D eigenvalue weighted by atomic mass is 10.1. The minimum absolute atomic E-state index is 0.108. The summed E-state index contributed by atoms with van der Waals surface area (Å²) in [6.07, 6.45) is 4.75. The lowest BCUT2D eigenvalue weighted by molar-refractivity contribution is -0.141. The summed E-state index contributed by atoms with van der Waals surface area (Å²) in [4.78, 5) is 23.8. The summed E-state index contributed by atoms with van der Waals surface area (Å²) in [5.41, 5.74) is 0. The third-order valence-corrected chi connectivity index (χ3v) is 6.04. The van der Waals surface area contributed by atoms with Gasteiger partial charge in [0.25, 0.3) is 0 Å². The molecule has 1 rings (SSSR count). The van der Waals surface area contributed by atoms with Crippen molar-refractivity contribution < 1.29 is 14.3 Å². The maximum Gasteiger partial charge on any atom is 0.317 e. The average Bonchev–Trinajstić information content (AvgIpc) is 2.90. The van der Waals surface area contributed by atoms with Gasteiger partial charge in [0, 0.05) is 31.5 Å². The van der Waals surface area contributed by atoms with Crippen LogP contribution in [0.2, 0.25) is 0 Å². The smallest absolute Gasteiger partial charge is 0.317 e. The average molecular weight is 320 g/mol. The number of hydrogen-bond acceptors (Lipinski definition) is 5. The summed E-state index contributed by atoms with van der Waals surface area (Å²) in [7, 11) is 5.67. The van der Waals surface area contributed by atoms with E-state index in [1.807, 2.05) is 21.6 Å². The first-order valence-electron chi connectivity index (χ1n) is 7.00. The number of urea groups is 1. The van der Waals surface area contributed by atoms with Gasteiger partial charge in [-0.25, -0.2) is 4.79 Å². The van der Waals surface area contributed by atoms with E-state index in [4.69, 9.17) is 4.74 Å². The summed E-state index contributed by atoms with van der Waals surface area (Å²) >= 11 is 0. The standard InChI is InChI=1S/C13H24N2O3S2/c1-11(16)18-9-8-15(2)13(17)14-7-4-3-5-12-6-10-19-20-12/h12H,3-10H2,1-2H3,(H,14,17). The zero-order chi connectivity index (χ0) is 14.8. The third-order valence-electron chi connectivity index (χ3n) is 3.04. The lowest BCUT2D eigenvalue weighted by Crippen LogP contribution is -2.39. The number of ether oxygens (including phenoxy) is 1. The quantitative estimate of drug-likeness (QED) is 0.423. The molecular weight excluding hydrogens is 296 g/mol. The molecule has 1 fully saturated rings. The Kier molecular flexibility index (Phi) is 8.93. The molecule has 1 heterocycles. The van der Waals surface area contributed by atoms with E-state index in [9.17, 15) is 9.59 Å². The zero-order valence-electron chi connectivity index (χ0n) is 12.2. The third kappa shape index (κ3) is 7.89. The number of likely N-dealkylation sites (N-methyl/N-ethyl adjacent to an activating group) is 1. The predicted molar refractivity (Wildman–Crippen MR) is 85.0 cm³/mol. The highest BCUT2D eigenvalue weighted by Crippen LogP contribution is 2.39. The van der Waals surface area contributed by atoms with E-state index in [2.05, 4.69) is 5.32 Å². The molecule has 0 spiro atoms. The van der Waals surface area contributed by atoms with Crippen LogP contribution in [0.25, 0.3) is 0 Å². The second kappa shape index (κ2) is 10.2. The van der Waals surface area contributed by atoms with E-state index in [1.165, 1.54) is 30.4 Å². The van der Waals surface area contributed by atoms with E-state index in [-0.39, 0.29) is 18.6 Å². The van der Waals surface area contributed by atoms with Gasteiger partial charge in [-0.2, -0.15) is 0 Å². The highest BCUT2D eigenvalue weighted by Gasteiger charge is 2.15. The monoisotopic (exact) mass is 320 g/mol. The van der Waals surface area contributed by atoms with Gasteiger partial charge in [-0.05, 0) is 19.3 Å². The molecule has 0 radical (unpaired) electrons. The highest BCUT2D eigenvalue weighted by atomic mass is 33.1. The number of unbranched alkanes of at least 4 members (excludes halogenated alkanes) is 1. The summed E-state index contributed by atoms with van der Waals surface area (Å²) in [6.45, 7) is 2.74. The van der Waals surface area contributed by atoms with Crippen molar-refractivity contribution in [3.63, 3.8) is 0 Å². The number of hydrogen-bond donors (Lipinski definition) is 1. The first kappa shape index (κ1) is 17.5. The molecule has 1 saturated heterocycles. The van der Waals surface area contributed by atoms with Crippen molar-refractivity contribution in [3.05, 3.63) is 0 Å². The van der Waals surface area contributed by atoms with Gasteiger partial charge in [-0.3, -0.25) is 4.79 Å². The van der Waals surface area contributed by atoms with Crippen LogP contribution in [0.15, 0.2) is 0 Å². The molecule has 2 amide bonds. The van der Waals surface area contributed by atoms with Crippen molar-refractivity contribution in [1.29, 1.82) is 0 Å². The first-order chi connectivity index (χ1) is 9.59. The summed E-state index contributed by atoms with van der Waals surface area (Å²) in [6, 6.07) is -0.108. The number of nitrogens with zero attached hydrogens (tertiary/aromatic N) is 1. The van der Waals surface area contributed by atoms with Crippen molar-refractivity contribution in [3.8, 4) is 0 Å². The van der Waals surface area contributed by atoms with Gasteiger partial charge in [0.1, 0.15) is 6.61 Å². The van der Waals surface area contributed by atoms with E-state index in [0.29, 0.717) is 13.1 Å². The van der Waals surface area contributed by atoms with Crippen LogP contribution in [0.5, 0.6) is 0 Å². The molecule has 5 nitrogen and oxygen atoms in total. The normalized spacial score (nSPS) is 17.8. The topological polar surface area (TPSA) is 58.6 Å². The first-order valence-corrected chi connectivity index (χ1v) is 9.38. The Labute approximate surface area is 129 Å². The fourth-order valence-electron chi connectivity index (χ4n) is 1.82. The van der Waals surface area contributed by atoms with Crippen molar-refractivity contribution in [2.75, 3.05) is 32.5 Å². The van der Waals surface area contributed by atoms with Crippen LogP contribution in [0, 0.1) is 0 Å². The maximum absolute atomic E-state index is 11.7. The van der Waals surface area contributed by atoms with Crippen LogP contribution in [0.1, 0.15) is 32.6 Å². The van der Waals surface area contributed by atoms with E-state index in [0.717, 1.165) is 18.1 Å². The number of esters is 1.